The molecule has 0 amide bonds. The standard InChI is InChI=1S/C25H34O5/c1-3-27-19-29-24-16-23(17-25(18-24)30-20-28-4-2)13-12-22-11-8-10-21(15-22)9-6-5-7-14-26/h8,10-13,15-18,26H,3-7,9,14,19-20H2,1-2H3/b13-12+. The number of ether oxygens (including phenoxy) is 4. The zero-order valence-corrected chi connectivity index (χ0v) is 18.1. The lowest BCUT2D eigenvalue weighted by atomic mass is 10.0. The van der Waals surface area contributed by atoms with Crippen LogP contribution >= 0.6 is 0 Å². The summed E-state index contributed by atoms with van der Waals surface area (Å²) in [6, 6.07) is 14.3. The topological polar surface area (TPSA) is 57.2 Å². The molecule has 0 bridgehead atoms. The molecule has 0 aliphatic carbocycles. The van der Waals surface area contributed by atoms with Crippen molar-refractivity contribution in [3.05, 3.63) is 59.2 Å². The van der Waals surface area contributed by atoms with Crippen molar-refractivity contribution in [3.63, 3.8) is 0 Å². The van der Waals surface area contributed by atoms with Gasteiger partial charge in [0.2, 0.25) is 0 Å². The Kier molecular flexibility index (Phi) is 11.7. The Labute approximate surface area is 180 Å². The van der Waals surface area contributed by atoms with Crippen LogP contribution in [-0.4, -0.2) is 38.5 Å². The number of benzene rings is 2. The molecule has 0 radical (unpaired) electrons. The summed E-state index contributed by atoms with van der Waals surface area (Å²) in [5.74, 6) is 1.38. The van der Waals surface area contributed by atoms with Gasteiger partial charge in [0.15, 0.2) is 13.6 Å². The van der Waals surface area contributed by atoms with Crippen molar-refractivity contribution in [1.82, 2.24) is 0 Å². The zero-order chi connectivity index (χ0) is 21.4. The molecule has 0 spiro atoms. The van der Waals surface area contributed by atoms with E-state index in [1.807, 2.05) is 38.1 Å². The van der Waals surface area contributed by atoms with E-state index < -0.39 is 0 Å². The SMILES string of the molecule is CCOCOc1cc(/C=C/c2cccc(CCCCCO)c2)cc(OCOCC)c1. The van der Waals surface area contributed by atoms with Crippen LogP contribution in [0.25, 0.3) is 12.2 Å². The Balaban J connectivity index is 2.07. The number of aryl methyl sites for hydroxylation is 1. The highest BCUT2D eigenvalue weighted by Gasteiger charge is 2.03. The van der Waals surface area contributed by atoms with E-state index in [9.17, 15) is 0 Å². The third-order valence-electron chi connectivity index (χ3n) is 4.47. The van der Waals surface area contributed by atoms with E-state index in [2.05, 4.69) is 30.3 Å². The molecule has 1 N–H and O–H groups in total. The number of hydrogen-bond acceptors (Lipinski definition) is 5. The fraction of sp³-hybridized carbons (Fsp3) is 0.440. The van der Waals surface area contributed by atoms with Crippen molar-refractivity contribution >= 4 is 12.2 Å². The maximum atomic E-state index is 8.90. The maximum Gasteiger partial charge on any atom is 0.189 e. The molecule has 2 rings (SSSR count). The van der Waals surface area contributed by atoms with E-state index in [1.165, 1.54) is 5.56 Å². The number of hydrogen-bond donors (Lipinski definition) is 1. The molecule has 0 saturated carbocycles. The van der Waals surface area contributed by atoms with Crippen LogP contribution in [0.5, 0.6) is 11.5 Å². The number of rotatable bonds is 15. The van der Waals surface area contributed by atoms with E-state index >= 15 is 0 Å². The number of aliphatic hydroxyl groups excluding tert-OH is 1. The summed E-state index contributed by atoms with van der Waals surface area (Å²) in [6.45, 7) is 5.74. The van der Waals surface area contributed by atoms with Crippen LogP contribution in [0.1, 0.15) is 49.8 Å². The van der Waals surface area contributed by atoms with Crippen LogP contribution in [0, 0.1) is 0 Å². The Bertz CT molecular complexity index is 729. The lowest BCUT2D eigenvalue weighted by molar-refractivity contribution is 0.0182. The molecule has 30 heavy (non-hydrogen) atoms. The first kappa shape index (κ1) is 23.9. The second kappa shape index (κ2) is 14.6. The second-order valence-corrected chi connectivity index (χ2v) is 6.86. The molecule has 0 unspecified atom stereocenters. The molecule has 5 nitrogen and oxygen atoms in total. The van der Waals surface area contributed by atoms with E-state index in [0.717, 1.165) is 36.8 Å². The van der Waals surface area contributed by atoms with Gasteiger partial charge >= 0.3 is 0 Å². The third-order valence-corrected chi connectivity index (χ3v) is 4.47. The van der Waals surface area contributed by atoms with Crippen LogP contribution < -0.4 is 9.47 Å². The minimum Gasteiger partial charge on any atom is -0.467 e. The zero-order valence-electron chi connectivity index (χ0n) is 18.1. The molecule has 0 heterocycles. The van der Waals surface area contributed by atoms with Gasteiger partial charge in [0, 0.05) is 25.9 Å². The molecule has 164 valence electrons. The van der Waals surface area contributed by atoms with Gasteiger partial charge < -0.3 is 24.1 Å². The maximum absolute atomic E-state index is 8.90. The normalized spacial score (nSPS) is 11.2. The average Bonchev–Trinajstić information content (AvgIpc) is 2.76. The molecule has 2 aromatic carbocycles. The smallest absolute Gasteiger partial charge is 0.189 e. The van der Waals surface area contributed by atoms with Gasteiger partial charge in [-0.2, -0.15) is 0 Å². The summed E-state index contributed by atoms with van der Waals surface area (Å²) in [5.41, 5.74) is 3.43. The molecule has 0 atom stereocenters. The van der Waals surface area contributed by atoms with E-state index in [4.69, 9.17) is 24.1 Å². The van der Waals surface area contributed by atoms with Gasteiger partial charge in [-0.05, 0) is 61.9 Å². The van der Waals surface area contributed by atoms with Gasteiger partial charge in [0.05, 0.1) is 0 Å². The summed E-state index contributed by atoms with van der Waals surface area (Å²) in [4.78, 5) is 0. The fourth-order valence-electron chi connectivity index (χ4n) is 2.91. The number of aliphatic hydroxyl groups is 1. The summed E-state index contributed by atoms with van der Waals surface area (Å²) in [7, 11) is 0. The van der Waals surface area contributed by atoms with Crippen molar-refractivity contribution < 1.29 is 24.1 Å². The quantitative estimate of drug-likeness (QED) is 0.243. The Morgan fingerprint density at radius 2 is 1.43 bits per heavy atom. The molecule has 0 aliphatic heterocycles. The van der Waals surface area contributed by atoms with Crippen LogP contribution in [0.15, 0.2) is 42.5 Å². The average molecular weight is 415 g/mol. The third kappa shape index (κ3) is 9.44. The van der Waals surface area contributed by atoms with Gasteiger partial charge in [0.25, 0.3) is 0 Å². The van der Waals surface area contributed by atoms with Crippen LogP contribution in [0.3, 0.4) is 0 Å². The lowest BCUT2D eigenvalue weighted by Crippen LogP contribution is -2.04. The Hall–Kier alpha value is -2.34. The monoisotopic (exact) mass is 414 g/mol. The van der Waals surface area contributed by atoms with Crippen molar-refractivity contribution in [1.29, 1.82) is 0 Å². The van der Waals surface area contributed by atoms with E-state index in [0.29, 0.717) is 24.7 Å². The lowest BCUT2D eigenvalue weighted by Gasteiger charge is -2.11. The molecule has 5 heteroatoms. The molecule has 0 fully saturated rings. The predicted octanol–water partition coefficient (Wildman–Crippen LogP) is 5.31. The molecule has 0 aromatic heterocycles. The highest BCUT2D eigenvalue weighted by Crippen LogP contribution is 2.25. The van der Waals surface area contributed by atoms with Crippen LogP contribution in [0.2, 0.25) is 0 Å². The summed E-state index contributed by atoms with van der Waals surface area (Å²) in [6.07, 6.45) is 8.17. The Morgan fingerprint density at radius 3 is 2.07 bits per heavy atom. The minimum atomic E-state index is 0.201. The van der Waals surface area contributed by atoms with Gasteiger partial charge in [0.1, 0.15) is 11.5 Å². The van der Waals surface area contributed by atoms with Gasteiger partial charge in [-0.15, -0.1) is 0 Å². The minimum absolute atomic E-state index is 0.201. The highest BCUT2D eigenvalue weighted by molar-refractivity contribution is 5.71. The first-order valence-corrected chi connectivity index (χ1v) is 10.7. The van der Waals surface area contributed by atoms with Crippen molar-refractivity contribution in [2.45, 2.75) is 39.5 Å². The molecular formula is C25H34O5. The summed E-state index contributed by atoms with van der Waals surface area (Å²) >= 11 is 0. The molecule has 0 saturated heterocycles. The second-order valence-electron chi connectivity index (χ2n) is 6.86. The highest BCUT2D eigenvalue weighted by atomic mass is 16.7. The number of unbranched alkanes of at least 4 members (excludes halogenated alkanes) is 2. The first-order chi connectivity index (χ1) is 14.7. The van der Waals surface area contributed by atoms with E-state index in [1.54, 1.807) is 0 Å². The van der Waals surface area contributed by atoms with Crippen LogP contribution in [-0.2, 0) is 15.9 Å². The van der Waals surface area contributed by atoms with E-state index in [-0.39, 0.29) is 20.2 Å². The van der Waals surface area contributed by atoms with Crippen molar-refractivity contribution in [2.24, 2.45) is 0 Å². The largest absolute Gasteiger partial charge is 0.467 e. The van der Waals surface area contributed by atoms with Gasteiger partial charge in [-0.3, -0.25) is 0 Å². The molecular weight excluding hydrogens is 380 g/mol. The molecule has 2 aromatic rings. The first-order valence-electron chi connectivity index (χ1n) is 10.7. The van der Waals surface area contributed by atoms with Crippen LogP contribution in [0.4, 0.5) is 0 Å². The van der Waals surface area contributed by atoms with Gasteiger partial charge in [-0.1, -0.05) is 42.8 Å². The van der Waals surface area contributed by atoms with Crippen molar-refractivity contribution in [2.75, 3.05) is 33.4 Å². The Morgan fingerprint density at radius 1 is 0.767 bits per heavy atom. The summed E-state index contributed by atoms with van der Waals surface area (Å²) in [5, 5.41) is 8.90. The fourth-order valence-corrected chi connectivity index (χ4v) is 2.91. The predicted molar refractivity (Wildman–Crippen MR) is 121 cm³/mol. The van der Waals surface area contributed by atoms with Gasteiger partial charge in [-0.25, -0.2) is 0 Å². The summed E-state index contributed by atoms with van der Waals surface area (Å²) < 4.78 is 21.9. The molecule has 0 aliphatic rings. The van der Waals surface area contributed by atoms with Crippen molar-refractivity contribution in [3.8, 4) is 11.5 Å².